The molecule has 0 bridgehead atoms. The van der Waals surface area contributed by atoms with Crippen LogP contribution in [0.4, 0.5) is 34.1 Å². The molecular weight excluding hydrogens is 925 g/mol. The van der Waals surface area contributed by atoms with Crippen LogP contribution in [0.2, 0.25) is 20.1 Å². The first-order chi connectivity index (χ1) is 29.6. The van der Waals surface area contributed by atoms with E-state index in [2.05, 4.69) is 41.7 Å². The third kappa shape index (κ3) is 12.7. The van der Waals surface area contributed by atoms with Crippen LogP contribution in [0.25, 0.3) is 0 Å². The Bertz CT molecular complexity index is 2460. The molecule has 14 nitrogen and oxygen atoms in total. The third-order valence-electron chi connectivity index (χ3n) is 8.50. The minimum absolute atomic E-state index is 0.00192. The van der Waals surface area contributed by atoms with E-state index >= 15 is 0 Å². The Morgan fingerprint density at radius 1 is 0.500 bits per heavy atom. The summed E-state index contributed by atoms with van der Waals surface area (Å²) < 4.78 is 0. The highest BCUT2D eigenvalue weighted by molar-refractivity contribution is 6.38. The Kier molecular flexibility index (Phi) is 16.7. The summed E-state index contributed by atoms with van der Waals surface area (Å²) in [6.45, 7) is 2.23. The number of anilines is 4. The molecule has 0 fully saturated rings. The first-order valence-electron chi connectivity index (χ1n) is 18.0. The van der Waals surface area contributed by atoms with Crippen LogP contribution >= 0.6 is 69.6 Å². The number of amides is 4. The second kappa shape index (κ2) is 21.9. The Balaban J connectivity index is 1.26. The van der Waals surface area contributed by atoms with Gasteiger partial charge in [-0.2, -0.15) is 20.5 Å². The maximum atomic E-state index is 13.3. The summed E-state index contributed by atoms with van der Waals surface area (Å²) in [6.07, 6.45) is 0. The summed E-state index contributed by atoms with van der Waals surface area (Å²) in [5.41, 5.74) is 2.82. The molecule has 5 aromatic carbocycles. The number of rotatable bonds is 16. The third-order valence-corrected chi connectivity index (χ3v) is 10.4. The monoisotopic (exact) mass is 954 g/mol. The Morgan fingerprint density at radius 3 is 1.24 bits per heavy atom. The predicted octanol–water partition coefficient (Wildman–Crippen LogP) is 11.6. The molecule has 0 radical (unpaired) electrons. The molecule has 2 atom stereocenters. The highest BCUT2D eigenvalue weighted by Crippen LogP contribution is 2.34. The highest BCUT2D eigenvalue weighted by atomic mass is 35.5. The molecule has 2 unspecified atom stereocenters. The van der Waals surface area contributed by atoms with Crippen molar-refractivity contribution >= 4 is 139 Å². The van der Waals surface area contributed by atoms with Crippen molar-refractivity contribution in [1.29, 1.82) is 0 Å². The lowest BCUT2D eigenvalue weighted by Crippen LogP contribution is -2.32. The molecule has 0 aromatic heterocycles. The molecule has 5 rings (SSSR count). The van der Waals surface area contributed by atoms with E-state index in [1.165, 1.54) is 48.5 Å². The van der Waals surface area contributed by atoms with Crippen LogP contribution in [0.3, 0.4) is 0 Å². The summed E-state index contributed by atoms with van der Waals surface area (Å²) in [7, 11) is 0. The van der Waals surface area contributed by atoms with Crippen LogP contribution < -0.4 is 21.3 Å². The molecule has 5 aromatic rings. The lowest BCUT2D eigenvalue weighted by Gasteiger charge is -2.15. The zero-order chi connectivity index (χ0) is 45.1. The van der Waals surface area contributed by atoms with Gasteiger partial charge in [0.15, 0.2) is 11.6 Å². The zero-order valence-corrected chi connectivity index (χ0v) is 36.8. The van der Waals surface area contributed by atoms with Crippen molar-refractivity contribution in [3.63, 3.8) is 0 Å². The van der Waals surface area contributed by atoms with Crippen molar-refractivity contribution in [2.45, 2.75) is 37.7 Å². The number of hydrogen-bond acceptors (Lipinski definition) is 10. The van der Waals surface area contributed by atoms with E-state index in [0.29, 0.717) is 11.4 Å². The molecule has 0 saturated carbocycles. The number of nitrogens with zero attached hydrogens (tertiary/aromatic N) is 4. The fourth-order valence-corrected chi connectivity index (χ4v) is 6.41. The minimum Gasteiger partial charge on any atom is -0.322 e. The SMILES string of the molecule is CC(=O)C(N=Nc1cc(C(=O)Nc2cccc(CCl)c2)ccc1Cl)C(=O)Nc1cc(Cl)c(NC(=O)C(N=Nc2cc(C(=O)Nc3cccc(CCl)c3)ccc2Cl)C(C)=O)cc1Cl. The topological polar surface area (TPSA) is 200 Å². The van der Waals surface area contributed by atoms with Crippen molar-refractivity contribution in [2.24, 2.45) is 20.5 Å². The number of carbonyl (C=O) groups is 6. The van der Waals surface area contributed by atoms with E-state index in [-0.39, 0.29) is 65.7 Å². The van der Waals surface area contributed by atoms with Gasteiger partial charge in [-0.15, -0.1) is 23.2 Å². The van der Waals surface area contributed by atoms with Crippen molar-refractivity contribution < 1.29 is 28.8 Å². The average Bonchev–Trinajstić information content (AvgIpc) is 3.23. The molecular formula is C42H32Cl6N8O6. The predicted molar refractivity (Wildman–Crippen MR) is 242 cm³/mol. The van der Waals surface area contributed by atoms with Crippen molar-refractivity contribution in [3.05, 3.63) is 139 Å². The van der Waals surface area contributed by atoms with Gasteiger partial charge in [0.25, 0.3) is 23.6 Å². The maximum absolute atomic E-state index is 13.3. The lowest BCUT2D eigenvalue weighted by molar-refractivity contribution is -0.127. The number of carbonyl (C=O) groups excluding carboxylic acids is 6. The van der Waals surface area contributed by atoms with E-state index in [4.69, 9.17) is 69.6 Å². The van der Waals surface area contributed by atoms with Gasteiger partial charge in [-0.25, -0.2) is 0 Å². The first-order valence-corrected chi connectivity index (χ1v) is 20.6. The molecule has 0 saturated heterocycles. The van der Waals surface area contributed by atoms with Crippen LogP contribution in [0.15, 0.2) is 118 Å². The van der Waals surface area contributed by atoms with Crippen molar-refractivity contribution in [2.75, 3.05) is 21.3 Å². The van der Waals surface area contributed by atoms with E-state index in [9.17, 15) is 28.8 Å². The van der Waals surface area contributed by atoms with Crippen molar-refractivity contribution in [1.82, 2.24) is 0 Å². The van der Waals surface area contributed by atoms with E-state index in [1.54, 1.807) is 36.4 Å². The summed E-state index contributed by atoms with van der Waals surface area (Å²) in [5, 5.41) is 26.1. The van der Waals surface area contributed by atoms with Crippen LogP contribution in [-0.4, -0.2) is 47.3 Å². The van der Waals surface area contributed by atoms with Crippen LogP contribution in [0.5, 0.6) is 0 Å². The minimum atomic E-state index is -1.69. The molecule has 0 aliphatic carbocycles. The molecule has 20 heteroatoms. The normalized spacial score (nSPS) is 12.1. The lowest BCUT2D eigenvalue weighted by atomic mass is 10.1. The molecule has 0 aliphatic rings. The number of nitrogens with one attached hydrogen (secondary N) is 4. The summed E-state index contributed by atoms with van der Waals surface area (Å²) >= 11 is 37.3. The quantitative estimate of drug-likeness (QED) is 0.0431. The molecule has 318 valence electrons. The van der Waals surface area contributed by atoms with Gasteiger partial charge in [0.2, 0.25) is 12.1 Å². The number of hydrogen-bond donors (Lipinski definition) is 4. The molecule has 0 spiro atoms. The fourth-order valence-electron chi connectivity index (χ4n) is 5.35. The van der Waals surface area contributed by atoms with Gasteiger partial charge in [-0.05, 0) is 97.8 Å². The first kappa shape index (κ1) is 47.3. The summed E-state index contributed by atoms with van der Waals surface area (Å²) in [5.74, 6) is -3.75. The highest BCUT2D eigenvalue weighted by Gasteiger charge is 2.27. The molecule has 0 aliphatic heterocycles. The van der Waals surface area contributed by atoms with Gasteiger partial charge in [-0.3, -0.25) is 28.8 Å². The van der Waals surface area contributed by atoms with Gasteiger partial charge in [0.05, 0.1) is 31.5 Å². The average molecular weight is 957 g/mol. The van der Waals surface area contributed by atoms with Gasteiger partial charge < -0.3 is 21.3 Å². The van der Waals surface area contributed by atoms with Gasteiger partial charge in [-0.1, -0.05) is 70.7 Å². The Hall–Kier alpha value is -5.74. The van der Waals surface area contributed by atoms with Gasteiger partial charge in [0, 0.05) is 34.3 Å². The molecule has 62 heavy (non-hydrogen) atoms. The van der Waals surface area contributed by atoms with Crippen LogP contribution in [0, 0.1) is 0 Å². The Morgan fingerprint density at radius 2 is 0.887 bits per heavy atom. The Labute approximate surface area is 384 Å². The molecule has 4 amide bonds. The smallest absolute Gasteiger partial charge is 0.258 e. The number of alkyl halides is 2. The molecule has 0 heterocycles. The van der Waals surface area contributed by atoms with E-state index in [0.717, 1.165) is 25.0 Å². The number of Topliss-reactive ketones (excluding diaryl/α,β-unsaturated/α-hetero) is 2. The number of ketones is 2. The van der Waals surface area contributed by atoms with E-state index < -0.39 is 47.3 Å². The number of halogens is 6. The fraction of sp³-hybridized carbons (Fsp3) is 0.143. The van der Waals surface area contributed by atoms with Crippen LogP contribution in [0.1, 0.15) is 45.7 Å². The second-order valence-corrected chi connectivity index (χ2v) is 15.3. The zero-order valence-electron chi connectivity index (χ0n) is 32.3. The standard InChI is InChI=1S/C42H32Cl6N8O6/c1-21(57)37(55-53-35-15-25(9-11-29(35)45)39(59)49-27-7-3-5-23(13-27)19-43)41(61)51-33-17-32(48)34(18-31(33)47)52-42(62)38(22(2)58)56-54-36-16-26(10-12-30(36)46)40(60)50-28-8-4-6-24(14-28)20-44/h3-18,37-38H,19-20H2,1-2H3,(H,49,59)(H,50,60)(H,51,61)(H,52,62). The maximum Gasteiger partial charge on any atom is 0.258 e. The summed E-state index contributed by atoms with van der Waals surface area (Å²) in [4.78, 5) is 77.6. The van der Waals surface area contributed by atoms with Crippen LogP contribution in [-0.2, 0) is 30.9 Å². The summed E-state index contributed by atoms with van der Waals surface area (Å²) in [6, 6.07) is 21.4. The van der Waals surface area contributed by atoms with Gasteiger partial charge in [0.1, 0.15) is 11.4 Å². The molecule has 4 N–H and O–H groups in total. The second-order valence-electron chi connectivity index (χ2n) is 13.2. The largest absolute Gasteiger partial charge is 0.322 e. The number of azo groups is 2. The van der Waals surface area contributed by atoms with Crippen molar-refractivity contribution in [3.8, 4) is 0 Å². The van der Waals surface area contributed by atoms with E-state index in [1.807, 2.05) is 12.1 Å². The number of benzene rings is 5. The van der Waals surface area contributed by atoms with Gasteiger partial charge >= 0.3 is 0 Å².